The second-order valence-corrected chi connectivity index (χ2v) is 7.30. The van der Waals surface area contributed by atoms with E-state index in [-0.39, 0.29) is 12.6 Å². The first-order valence-electron chi connectivity index (χ1n) is 10.0. The standard InChI is InChI=1S/C15H18N6O.C5H4ClN5/c1-21-10-18-12-13(17-9-11-5-3-2-4-6-11)19-15(16-7-8-22)20-14(12)21;6-3-2-4(9-1-8-2)11-5(7)10-3/h2-6,10,22H,7-9H2,1H3,(H2,16,17,19,20);1H,(H3,7,8,9,10,11)/p+1. The fourth-order valence-electron chi connectivity index (χ4n) is 3.03. The predicted molar refractivity (Wildman–Crippen MR) is 126 cm³/mol. The number of nitrogens with two attached hydrogens (primary N) is 1. The molecule has 0 spiro atoms. The zero-order chi connectivity index (χ0) is 23.2. The van der Waals surface area contributed by atoms with Crippen molar-refractivity contribution in [2.24, 2.45) is 7.05 Å². The average Bonchev–Trinajstić information content (AvgIpc) is 3.44. The molecule has 4 aromatic heterocycles. The number of hydrogen-bond donors (Lipinski definition) is 6. The first-order valence-corrected chi connectivity index (χ1v) is 10.4. The van der Waals surface area contributed by atoms with Crippen molar-refractivity contribution in [3.63, 3.8) is 0 Å². The SMILES string of the molecule is C[n+]1c[nH]c2c(NCc3ccccc3)nc(NCCO)nc21.Nc1nc(Cl)c2[nH]cnc2n1. The summed E-state index contributed by atoms with van der Waals surface area (Å²) >= 11 is 5.70. The molecule has 170 valence electrons. The van der Waals surface area contributed by atoms with Crippen molar-refractivity contribution in [3.8, 4) is 0 Å². The minimum Gasteiger partial charge on any atom is -0.395 e. The van der Waals surface area contributed by atoms with E-state index >= 15 is 0 Å². The minimum atomic E-state index is 0.0352. The number of benzene rings is 1. The zero-order valence-electron chi connectivity index (χ0n) is 17.7. The van der Waals surface area contributed by atoms with E-state index in [1.165, 1.54) is 11.9 Å². The van der Waals surface area contributed by atoms with Crippen LogP contribution < -0.4 is 20.9 Å². The molecular formula is C20H23ClN11O+. The van der Waals surface area contributed by atoms with Gasteiger partial charge in [0, 0.05) is 13.1 Å². The smallest absolute Gasteiger partial charge is 0.309 e. The molecule has 1 aromatic carbocycles. The van der Waals surface area contributed by atoms with E-state index in [4.69, 9.17) is 22.4 Å². The molecule has 0 unspecified atom stereocenters. The molecule has 0 aliphatic heterocycles. The Hall–Kier alpha value is -4.03. The van der Waals surface area contributed by atoms with E-state index < -0.39 is 0 Å². The van der Waals surface area contributed by atoms with Crippen LogP contribution in [0.4, 0.5) is 17.7 Å². The number of halogens is 1. The van der Waals surface area contributed by atoms with Gasteiger partial charge in [-0.15, -0.1) is 0 Å². The second kappa shape index (κ2) is 10.1. The Labute approximate surface area is 193 Å². The van der Waals surface area contributed by atoms with Crippen LogP contribution in [-0.4, -0.2) is 53.1 Å². The van der Waals surface area contributed by atoms with Gasteiger partial charge in [-0.1, -0.05) is 46.9 Å². The predicted octanol–water partition coefficient (Wildman–Crippen LogP) is 1.39. The molecule has 0 radical (unpaired) electrons. The van der Waals surface area contributed by atoms with Gasteiger partial charge in [0.15, 0.2) is 22.9 Å². The highest BCUT2D eigenvalue weighted by atomic mass is 35.5. The number of aromatic amines is 2. The highest BCUT2D eigenvalue weighted by Gasteiger charge is 2.17. The molecule has 0 amide bonds. The van der Waals surface area contributed by atoms with Crippen LogP contribution in [0.15, 0.2) is 43.0 Å². The molecule has 7 N–H and O–H groups in total. The summed E-state index contributed by atoms with van der Waals surface area (Å²) < 4.78 is 1.90. The zero-order valence-corrected chi connectivity index (χ0v) is 18.5. The maximum absolute atomic E-state index is 8.93. The number of aliphatic hydroxyl groups excluding tert-OH is 1. The van der Waals surface area contributed by atoms with Crippen LogP contribution in [0.1, 0.15) is 5.56 Å². The second-order valence-electron chi connectivity index (χ2n) is 6.94. The van der Waals surface area contributed by atoms with Crippen LogP contribution in [0.2, 0.25) is 5.15 Å². The lowest BCUT2D eigenvalue weighted by Crippen LogP contribution is -2.26. The lowest BCUT2D eigenvalue weighted by molar-refractivity contribution is -0.646. The first-order chi connectivity index (χ1) is 16.0. The van der Waals surface area contributed by atoms with Crippen LogP contribution in [0.25, 0.3) is 22.3 Å². The normalized spacial score (nSPS) is 10.8. The van der Waals surface area contributed by atoms with Crippen LogP contribution >= 0.6 is 11.6 Å². The topological polar surface area (TPSA) is 170 Å². The summed E-state index contributed by atoms with van der Waals surface area (Å²) in [5.41, 5.74) is 9.25. The molecule has 0 fully saturated rings. The van der Waals surface area contributed by atoms with Crippen molar-refractivity contribution in [3.05, 3.63) is 53.7 Å². The van der Waals surface area contributed by atoms with Gasteiger partial charge >= 0.3 is 11.6 Å². The van der Waals surface area contributed by atoms with Crippen LogP contribution in [0.3, 0.4) is 0 Å². The Morgan fingerprint density at radius 2 is 1.88 bits per heavy atom. The van der Waals surface area contributed by atoms with E-state index in [1.807, 2.05) is 36.1 Å². The Morgan fingerprint density at radius 1 is 1.06 bits per heavy atom. The first kappa shape index (κ1) is 22.2. The van der Waals surface area contributed by atoms with Gasteiger partial charge in [0.05, 0.1) is 20.0 Å². The average molecular weight is 469 g/mol. The number of anilines is 3. The van der Waals surface area contributed by atoms with Crippen molar-refractivity contribution in [1.82, 2.24) is 34.9 Å². The number of imidazole rings is 2. The van der Waals surface area contributed by atoms with E-state index in [0.717, 1.165) is 17.0 Å². The Morgan fingerprint density at radius 3 is 2.67 bits per heavy atom. The maximum Gasteiger partial charge on any atom is 0.309 e. The van der Waals surface area contributed by atoms with Crippen molar-refractivity contribution in [1.29, 1.82) is 0 Å². The fraction of sp³-hybridized carbons (Fsp3) is 0.200. The summed E-state index contributed by atoms with van der Waals surface area (Å²) in [4.78, 5) is 26.3. The number of rotatable bonds is 6. The lowest BCUT2D eigenvalue weighted by atomic mass is 10.2. The summed E-state index contributed by atoms with van der Waals surface area (Å²) in [5, 5.41) is 15.6. The molecule has 12 nitrogen and oxygen atoms in total. The maximum atomic E-state index is 8.93. The lowest BCUT2D eigenvalue weighted by Gasteiger charge is -2.06. The summed E-state index contributed by atoms with van der Waals surface area (Å²) in [6.45, 7) is 1.13. The number of nitrogens with one attached hydrogen (secondary N) is 4. The fourth-order valence-corrected chi connectivity index (χ4v) is 3.26. The van der Waals surface area contributed by atoms with E-state index in [1.54, 1.807) is 0 Å². The number of hydrogen-bond acceptors (Lipinski definition) is 9. The van der Waals surface area contributed by atoms with E-state index in [9.17, 15) is 0 Å². The number of nitrogen functional groups attached to an aromatic ring is 1. The Kier molecular flexibility index (Phi) is 6.76. The van der Waals surface area contributed by atoms with Crippen molar-refractivity contribution < 1.29 is 9.67 Å². The van der Waals surface area contributed by atoms with E-state index in [0.29, 0.717) is 35.4 Å². The Bertz CT molecular complexity index is 1350. The molecule has 0 saturated carbocycles. The number of aryl methyl sites for hydroxylation is 1. The van der Waals surface area contributed by atoms with Crippen LogP contribution in [0.5, 0.6) is 0 Å². The van der Waals surface area contributed by atoms with Crippen molar-refractivity contribution >= 4 is 51.6 Å². The summed E-state index contributed by atoms with van der Waals surface area (Å²) in [6, 6.07) is 10.1. The third-order valence-corrected chi connectivity index (χ3v) is 4.86. The molecule has 33 heavy (non-hydrogen) atoms. The van der Waals surface area contributed by atoms with Gasteiger partial charge < -0.3 is 26.5 Å². The van der Waals surface area contributed by atoms with E-state index in [2.05, 4.69) is 57.7 Å². The number of nitrogens with zero attached hydrogens (tertiary/aromatic N) is 6. The molecule has 0 bridgehead atoms. The highest BCUT2D eigenvalue weighted by molar-refractivity contribution is 6.33. The molecule has 5 aromatic rings. The van der Waals surface area contributed by atoms with Gasteiger partial charge in [-0.25, -0.2) is 9.55 Å². The largest absolute Gasteiger partial charge is 0.395 e. The molecule has 0 aliphatic rings. The van der Waals surface area contributed by atoms with Gasteiger partial charge in [0.2, 0.25) is 11.5 Å². The van der Waals surface area contributed by atoms with Crippen LogP contribution in [0, 0.1) is 0 Å². The molecule has 5 rings (SSSR count). The number of H-pyrrole nitrogens is 2. The summed E-state index contributed by atoms with van der Waals surface area (Å²) in [5.74, 6) is 1.36. The molecule has 13 heteroatoms. The molecular weight excluding hydrogens is 446 g/mol. The highest BCUT2D eigenvalue weighted by Crippen LogP contribution is 2.18. The summed E-state index contributed by atoms with van der Waals surface area (Å²) in [6.07, 6.45) is 3.33. The minimum absolute atomic E-state index is 0.0352. The van der Waals surface area contributed by atoms with Gasteiger partial charge in [0.1, 0.15) is 5.52 Å². The van der Waals surface area contributed by atoms with Crippen molar-refractivity contribution in [2.45, 2.75) is 6.54 Å². The molecule has 0 atom stereocenters. The van der Waals surface area contributed by atoms with Crippen LogP contribution in [-0.2, 0) is 13.6 Å². The quantitative estimate of drug-likeness (QED) is 0.159. The number of fused-ring (bicyclic) bond motifs is 2. The molecule has 4 heterocycles. The third-order valence-electron chi connectivity index (χ3n) is 4.58. The van der Waals surface area contributed by atoms with Crippen molar-refractivity contribution in [2.75, 3.05) is 29.5 Å². The third kappa shape index (κ3) is 5.25. The van der Waals surface area contributed by atoms with Gasteiger partial charge in [-0.2, -0.15) is 15.0 Å². The van der Waals surface area contributed by atoms with Gasteiger partial charge in [-0.3, -0.25) is 4.98 Å². The summed E-state index contributed by atoms with van der Waals surface area (Å²) in [7, 11) is 1.92. The monoisotopic (exact) mass is 468 g/mol. The number of aromatic nitrogens is 8. The Balaban J connectivity index is 0.000000196. The van der Waals surface area contributed by atoms with Gasteiger partial charge in [0.25, 0.3) is 0 Å². The molecule has 0 saturated heterocycles. The van der Waals surface area contributed by atoms with Gasteiger partial charge in [-0.05, 0) is 5.56 Å². The molecule has 0 aliphatic carbocycles. The number of aliphatic hydroxyl groups is 1.